The zero-order chi connectivity index (χ0) is 19.8. The highest BCUT2D eigenvalue weighted by atomic mass is 16.5. The average molecular weight is 365 g/mol. The van der Waals surface area contributed by atoms with Gasteiger partial charge in [0.05, 0.1) is 18.7 Å². The van der Waals surface area contributed by atoms with Crippen LogP contribution in [-0.2, 0) is 11.3 Å². The fourth-order valence-corrected chi connectivity index (χ4v) is 2.50. The van der Waals surface area contributed by atoms with Crippen molar-refractivity contribution in [2.75, 3.05) is 7.11 Å². The van der Waals surface area contributed by atoms with Crippen LogP contribution in [0.2, 0.25) is 0 Å². The van der Waals surface area contributed by atoms with E-state index in [1.54, 1.807) is 55.6 Å². The smallest absolute Gasteiger partial charge is 0.251 e. The Balaban J connectivity index is 1.98. The van der Waals surface area contributed by atoms with Crippen LogP contribution in [0.15, 0.2) is 48.5 Å². The monoisotopic (exact) mass is 365 g/mol. The lowest BCUT2D eigenvalue weighted by molar-refractivity contribution is -0.124. The maximum atomic E-state index is 12.6. The summed E-state index contributed by atoms with van der Waals surface area (Å²) in [6.07, 6.45) is 0. The molecule has 0 aliphatic carbocycles. The third-order valence-electron chi connectivity index (χ3n) is 4.14. The lowest BCUT2D eigenvalue weighted by Gasteiger charge is -2.22. The summed E-state index contributed by atoms with van der Waals surface area (Å²) < 4.78 is 5.08. The second-order valence-corrected chi connectivity index (χ2v) is 6.45. The average Bonchev–Trinajstić information content (AvgIpc) is 2.70. The summed E-state index contributed by atoms with van der Waals surface area (Å²) in [4.78, 5) is 25.0. The van der Waals surface area contributed by atoms with Gasteiger partial charge in [0.2, 0.25) is 5.91 Å². The quantitative estimate of drug-likeness (QED) is 0.789. The summed E-state index contributed by atoms with van der Waals surface area (Å²) in [7, 11) is 1.56. The lowest BCUT2D eigenvalue weighted by Crippen LogP contribution is -2.49. The summed E-state index contributed by atoms with van der Waals surface area (Å²) in [5, 5.41) is 14.4. The molecule has 140 valence electrons. The number of nitrogens with one attached hydrogen (secondary N) is 2. The van der Waals surface area contributed by atoms with E-state index in [1.165, 1.54) is 0 Å². The predicted molar refractivity (Wildman–Crippen MR) is 102 cm³/mol. The highest BCUT2D eigenvalue weighted by Gasteiger charge is 2.24. The number of ether oxygens (including phenoxy) is 1. The summed E-state index contributed by atoms with van der Waals surface area (Å²) in [6.45, 7) is 4.08. The number of benzene rings is 2. The second kappa shape index (κ2) is 9.39. The van der Waals surface area contributed by atoms with E-state index in [1.807, 2.05) is 13.8 Å². The van der Waals surface area contributed by atoms with Crippen LogP contribution < -0.4 is 15.4 Å². The van der Waals surface area contributed by atoms with E-state index < -0.39 is 6.04 Å². The molecule has 2 rings (SSSR count). The predicted octanol–water partition coefficient (Wildman–Crippen LogP) is 2.64. The van der Waals surface area contributed by atoms with Crippen molar-refractivity contribution in [1.82, 2.24) is 10.6 Å². The Morgan fingerprint density at radius 1 is 1.07 bits per heavy atom. The minimum Gasteiger partial charge on any atom is -0.497 e. The van der Waals surface area contributed by atoms with Gasteiger partial charge in [-0.1, -0.05) is 26.0 Å². The van der Waals surface area contributed by atoms with Gasteiger partial charge in [0.25, 0.3) is 5.91 Å². The van der Waals surface area contributed by atoms with E-state index in [4.69, 9.17) is 10.00 Å². The van der Waals surface area contributed by atoms with Gasteiger partial charge in [0.15, 0.2) is 0 Å². The van der Waals surface area contributed by atoms with Crippen LogP contribution in [0.25, 0.3) is 0 Å². The number of hydrogen-bond donors (Lipinski definition) is 2. The molecule has 0 aliphatic heterocycles. The van der Waals surface area contributed by atoms with Crippen LogP contribution >= 0.6 is 0 Å². The molecule has 0 heterocycles. The van der Waals surface area contributed by atoms with Crippen molar-refractivity contribution >= 4 is 11.8 Å². The van der Waals surface area contributed by atoms with E-state index in [0.717, 1.165) is 5.56 Å². The van der Waals surface area contributed by atoms with Crippen molar-refractivity contribution in [2.24, 2.45) is 5.92 Å². The van der Waals surface area contributed by atoms with Crippen LogP contribution in [0, 0.1) is 17.2 Å². The van der Waals surface area contributed by atoms with Gasteiger partial charge in [0.1, 0.15) is 11.8 Å². The molecule has 0 saturated carbocycles. The normalized spacial score (nSPS) is 11.4. The fraction of sp³-hybridized carbons (Fsp3) is 0.286. The van der Waals surface area contributed by atoms with Gasteiger partial charge >= 0.3 is 0 Å². The van der Waals surface area contributed by atoms with Crippen LogP contribution in [0.5, 0.6) is 5.75 Å². The van der Waals surface area contributed by atoms with Crippen molar-refractivity contribution in [3.8, 4) is 11.8 Å². The minimum atomic E-state index is -0.655. The molecular formula is C21H23N3O3. The second-order valence-electron chi connectivity index (χ2n) is 6.45. The van der Waals surface area contributed by atoms with Crippen LogP contribution in [-0.4, -0.2) is 25.0 Å². The van der Waals surface area contributed by atoms with Gasteiger partial charge < -0.3 is 15.4 Å². The Bertz CT molecular complexity index is 821. The Morgan fingerprint density at radius 2 is 1.70 bits per heavy atom. The SMILES string of the molecule is COc1ccc(C(=O)NC(C(=O)NCc2ccc(C#N)cc2)C(C)C)cc1. The molecule has 0 bridgehead atoms. The molecule has 1 atom stereocenters. The zero-order valence-electron chi connectivity index (χ0n) is 15.7. The van der Waals surface area contributed by atoms with E-state index in [2.05, 4.69) is 16.7 Å². The largest absolute Gasteiger partial charge is 0.497 e. The van der Waals surface area contributed by atoms with Crippen molar-refractivity contribution < 1.29 is 14.3 Å². The molecule has 0 spiro atoms. The first-order valence-electron chi connectivity index (χ1n) is 8.66. The van der Waals surface area contributed by atoms with Crippen molar-refractivity contribution in [3.63, 3.8) is 0 Å². The number of nitrogens with zero attached hydrogens (tertiary/aromatic N) is 1. The molecule has 2 aromatic carbocycles. The highest BCUT2D eigenvalue weighted by Crippen LogP contribution is 2.12. The molecular weight excluding hydrogens is 342 g/mol. The summed E-state index contributed by atoms with van der Waals surface area (Å²) in [5.41, 5.74) is 1.91. The standard InChI is InChI=1S/C21H23N3O3/c1-14(2)19(24-20(25)17-8-10-18(27-3)11-9-17)21(26)23-13-16-6-4-15(12-22)5-7-16/h4-11,14,19H,13H2,1-3H3,(H,23,26)(H,24,25). The molecule has 6 nitrogen and oxygen atoms in total. The third-order valence-corrected chi connectivity index (χ3v) is 4.14. The lowest BCUT2D eigenvalue weighted by atomic mass is 10.0. The minimum absolute atomic E-state index is 0.0758. The number of carbonyl (C=O) groups is 2. The van der Waals surface area contributed by atoms with Gasteiger partial charge in [-0.3, -0.25) is 9.59 Å². The molecule has 0 aliphatic rings. The Labute approximate surface area is 159 Å². The third kappa shape index (κ3) is 5.58. The van der Waals surface area contributed by atoms with Gasteiger partial charge in [-0.2, -0.15) is 5.26 Å². The number of carbonyl (C=O) groups excluding carboxylic acids is 2. The number of methoxy groups -OCH3 is 1. The highest BCUT2D eigenvalue weighted by molar-refractivity contribution is 5.97. The molecule has 0 aromatic heterocycles. The van der Waals surface area contributed by atoms with Gasteiger partial charge in [0, 0.05) is 12.1 Å². The van der Waals surface area contributed by atoms with Crippen molar-refractivity contribution in [3.05, 3.63) is 65.2 Å². The molecule has 1 unspecified atom stereocenters. The molecule has 2 N–H and O–H groups in total. The summed E-state index contributed by atoms with van der Waals surface area (Å²) in [5.74, 6) is 0.0152. The van der Waals surface area contributed by atoms with E-state index >= 15 is 0 Å². The zero-order valence-corrected chi connectivity index (χ0v) is 15.7. The summed E-state index contributed by atoms with van der Waals surface area (Å²) >= 11 is 0. The number of hydrogen-bond acceptors (Lipinski definition) is 4. The van der Waals surface area contributed by atoms with Gasteiger partial charge in [-0.15, -0.1) is 0 Å². The molecule has 0 saturated heterocycles. The van der Waals surface area contributed by atoms with Gasteiger partial charge in [-0.25, -0.2) is 0 Å². The molecule has 0 fully saturated rings. The van der Waals surface area contributed by atoms with Crippen LogP contribution in [0.1, 0.15) is 35.3 Å². The Hall–Kier alpha value is -3.33. The first kappa shape index (κ1) is 20.0. The molecule has 2 aromatic rings. The number of amides is 2. The molecule has 2 amide bonds. The van der Waals surface area contributed by atoms with Gasteiger partial charge in [-0.05, 0) is 47.9 Å². The Kier molecular flexibility index (Phi) is 6.95. The maximum Gasteiger partial charge on any atom is 0.251 e. The molecule has 6 heteroatoms. The van der Waals surface area contributed by atoms with E-state index in [-0.39, 0.29) is 17.7 Å². The van der Waals surface area contributed by atoms with E-state index in [0.29, 0.717) is 23.4 Å². The van der Waals surface area contributed by atoms with Crippen LogP contribution in [0.3, 0.4) is 0 Å². The summed E-state index contributed by atoms with van der Waals surface area (Å²) in [6, 6.07) is 15.1. The number of rotatable bonds is 7. The first-order valence-corrected chi connectivity index (χ1v) is 8.66. The first-order chi connectivity index (χ1) is 12.9. The van der Waals surface area contributed by atoms with Crippen LogP contribution in [0.4, 0.5) is 0 Å². The fourth-order valence-electron chi connectivity index (χ4n) is 2.50. The van der Waals surface area contributed by atoms with Crippen molar-refractivity contribution in [2.45, 2.75) is 26.4 Å². The van der Waals surface area contributed by atoms with Crippen molar-refractivity contribution in [1.29, 1.82) is 5.26 Å². The molecule has 0 radical (unpaired) electrons. The maximum absolute atomic E-state index is 12.6. The Morgan fingerprint density at radius 3 is 2.22 bits per heavy atom. The topological polar surface area (TPSA) is 91.2 Å². The molecule has 27 heavy (non-hydrogen) atoms. The van der Waals surface area contributed by atoms with E-state index in [9.17, 15) is 9.59 Å². The number of nitriles is 1.